The van der Waals surface area contributed by atoms with Crippen LogP contribution in [0.5, 0.6) is 5.75 Å². The summed E-state index contributed by atoms with van der Waals surface area (Å²) in [7, 11) is 1.56. The van der Waals surface area contributed by atoms with E-state index in [1.54, 1.807) is 37.4 Å². The fraction of sp³-hybridized carbons (Fsp3) is 0.0588. The molecule has 0 bridgehead atoms. The van der Waals surface area contributed by atoms with Gasteiger partial charge in [0, 0.05) is 0 Å². The fourth-order valence-corrected chi connectivity index (χ4v) is 3.15. The van der Waals surface area contributed by atoms with Crippen molar-refractivity contribution in [1.29, 1.82) is 0 Å². The van der Waals surface area contributed by atoms with Crippen LogP contribution in [0.15, 0.2) is 46.4 Å². The van der Waals surface area contributed by atoms with Crippen LogP contribution < -0.4 is 15.2 Å². The predicted molar refractivity (Wildman–Crippen MR) is 101 cm³/mol. The number of nitrogens with zero attached hydrogens (tertiary/aromatic N) is 1. The summed E-state index contributed by atoms with van der Waals surface area (Å²) >= 11 is 15.2. The first-order valence-corrected chi connectivity index (χ1v) is 8.61. The first kappa shape index (κ1) is 17.8. The SMILES string of the molecule is COc1ccc(/C=C2\C(=O)NN(c3ccc(Cl)c(Cl)c3)C2=O)cc1Br. The summed E-state index contributed by atoms with van der Waals surface area (Å²) in [6, 6.07) is 9.91. The van der Waals surface area contributed by atoms with Crippen LogP contribution in [0.3, 0.4) is 0 Å². The van der Waals surface area contributed by atoms with Crippen molar-refractivity contribution < 1.29 is 14.3 Å². The standard InChI is InChI=1S/C17H11BrCl2N2O3/c1-25-15-5-2-9(7-12(15)18)6-11-16(23)21-22(17(11)24)10-3-4-13(19)14(20)8-10/h2-8H,1H3,(H,21,23)/b11-6+. The van der Waals surface area contributed by atoms with Crippen LogP contribution in [0.25, 0.3) is 6.08 Å². The summed E-state index contributed by atoms with van der Waals surface area (Å²) in [5, 5.41) is 1.79. The molecule has 1 fully saturated rings. The molecule has 5 nitrogen and oxygen atoms in total. The Bertz CT molecular complexity index is 915. The van der Waals surface area contributed by atoms with Crippen molar-refractivity contribution >= 4 is 62.7 Å². The molecule has 3 rings (SSSR count). The summed E-state index contributed by atoms with van der Waals surface area (Å²) < 4.78 is 5.88. The summed E-state index contributed by atoms with van der Waals surface area (Å²) in [5.41, 5.74) is 3.64. The Kier molecular flexibility index (Phi) is 5.03. The van der Waals surface area contributed by atoms with Crippen molar-refractivity contribution in [3.05, 3.63) is 62.1 Å². The number of nitrogens with one attached hydrogen (secondary N) is 1. The summed E-state index contributed by atoms with van der Waals surface area (Å²) in [6.07, 6.45) is 1.51. The maximum Gasteiger partial charge on any atom is 0.282 e. The molecule has 128 valence electrons. The molecular weight excluding hydrogens is 431 g/mol. The van der Waals surface area contributed by atoms with E-state index < -0.39 is 11.8 Å². The number of ether oxygens (including phenoxy) is 1. The van der Waals surface area contributed by atoms with Gasteiger partial charge < -0.3 is 4.74 Å². The lowest BCUT2D eigenvalue weighted by molar-refractivity contribution is -0.117. The van der Waals surface area contributed by atoms with Crippen molar-refractivity contribution in [3.8, 4) is 5.75 Å². The number of amides is 2. The highest BCUT2D eigenvalue weighted by atomic mass is 79.9. The number of rotatable bonds is 3. The molecule has 1 saturated heterocycles. The van der Waals surface area contributed by atoms with E-state index in [1.807, 2.05) is 0 Å². The topological polar surface area (TPSA) is 58.6 Å². The van der Waals surface area contributed by atoms with Gasteiger partial charge in [-0.2, -0.15) is 0 Å². The molecule has 1 heterocycles. The molecule has 0 atom stereocenters. The number of hydrazine groups is 1. The normalized spacial score (nSPS) is 15.7. The molecule has 25 heavy (non-hydrogen) atoms. The molecule has 0 aromatic heterocycles. The van der Waals surface area contributed by atoms with Crippen LogP contribution in [-0.4, -0.2) is 18.9 Å². The number of halogens is 3. The molecule has 0 unspecified atom stereocenters. The minimum absolute atomic E-state index is 0.0168. The highest BCUT2D eigenvalue weighted by Crippen LogP contribution is 2.30. The van der Waals surface area contributed by atoms with Gasteiger partial charge in [0.25, 0.3) is 11.8 Å². The van der Waals surface area contributed by atoms with Gasteiger partial charge in [-0.05, 0) is 57.9 Å². The summed E-state index contributed by atoms with van der Waals surface area (Å²) in [6.45, 7) is 0. The highest BCUT2D eigenvalue weighted by molar-refractivity contribution is 9.10. The van der Waals surface area contributed by atoms with Crippen LogP contribution in [0.1, 0.15) is 5.56 Å². The van der Waals surface area contributed by atoms with E-state index in [0.717, 1.165) is 9.48 Å². The number of benzene rings is 2. The maximum atomic E-state index is 12.6. The van der Waals surface area contributed by atoms with E-state index in [9.17, 15) is 9.59 Å². The zero-order valence-electron chi connectivity index (χ0n) is 12.8. The number of hydrogen-bond acceptors (Lipinski definition) is 3. The van der Waals surface area contributed by atoms with Crippen LogP contribution in [0.2, 0.25) is 10.0 Å². The highest BCUT2D eigenvalue weighted by Gasteiger charge is 2.34. The van der Waals surface area contributed by atoms with E-state index in [2.05, 4.69) is 21.4 Å². The van der Waals surface area contributed by atoms with E-state index >= 15 is 0 Å². The Labute approximate surface area is 162 Å². The maximum absolute atomic E-state index is 12.6. The zero-order valence-corrected chi connectivity index (χ0v) is 15.9. The molecule has 0 radical (unpaired) electrons. The van der Waals surface area contributed by atoms with Crippen molar-refractivity contribution in [1.82, 2.24) is 5.43 Å². The number of methoxy groups -OCH3 is 1. The Hall–Kier alpha value is -2.02. The number of hydrogen-bond donors (Lipinski definition) is 1. The minimum Gasteiger partial charge on any atom is -0.496 e. The predicted octanol–water partition coefficient (Wildman–Crippen LogP) is 4.23. The number of carbonyl (C=O) groups is 2. The molecule has 2 amide bonds. The molecule has 2 aromatic rings. The molecule has 1 aliphatic rings. The van der Waals surface area contributed by atoms with Crippen molar-refractivity contribution in [2.24, 2.45) is 0 Å². The third-order valence-electron chi connectivity index (χ3n) is 3.54. The lowest BCUT2D eigenvalue weighted by Crippen LogP contribution is -2.35. The Morgan fingerprint density at radius 1 is 1.12 bits per heavy atom. The van der Waals surface area contributed by atoms with Crippen molar-refractivity contribution in [2.45, 2.75) is 0 Å². The molecule has 2 aromatic carbocycles. The van der Waals surface area contributed by atoms with E-state index in [1.165, 1.54) is 12.1 Å². The fourth-order valence-electron chi connectivity index (χ4n) is 2.30. The van der Waals surface area contributed by atoms with Gasteiger partial charge in [0.2, 0.25) is 0 Å². The first-order valence-electron chi connectivity index (χ1n) is 7.06. The Morgan fingerprint density at radius 3 is 2.52 bits per heavy atom. The van der Waals surface area contributed by atoms with Gasteiger partial charge in [0.1, 0.15) is 11.3 Å². The van der Waals surface area contributed by atoms with Crippen LogP contribution in [-0.2, 0) is 9.59 Å². The smallest absolute Gasteiger partial charge is 0.282 e. The molecule has 0 spiro atoms. The molecule has 1 aliphatic heterocycles. The third-order valence-corrected chi connectivity index (χ3v) is 4.90. The second-order valence-electron chi connectivity index (χ2n) is 5.13. The quantitative estimate of drug-likeness (QED) is 0.572. The van der Waals surface area contributed by atoms with Gasteiger partial charge in [0.15, 0.2) is 0 Å². The minimum atomic E-state index is -0.497. The lowest BCUT2D eigenvalue weighted by Gasteiger charge is -2.15. The van der Waals surface area contributed by atoms with Gasteiger partial charge in [-0.25, -0.2) is 5.01 Å². The van der Waals surface area contributed by atoms with Gasteiger partial charge in [0.05, 0.1) is 27.3 Å². The molecule has 0 saturated carbocycles. The first-order chi connectivity index (χ1) is 11.9. The monoisotopic (exact) mass is 440 g/mol. The van der Waals surface area contributed by atoms with Crippen LogP contribution >= 0.6 is 39.1 Å². The second kappa shape index (κ2) is 7.07. The summed E-state index contributed by atoms with van der Waals surface area (Å²) in [4.78, 5) is 24.8. The summed E-state index contributed by atoms with van der Waals surface area (Å²) in [5.74, 6) is -0.319. The Morgan fingerprint density at radius 2 is 1.88 bits per heavy atom. The van der Waals surface area contributed by atoms with Crippen molar-refractivity contribution in [3.63, 3.8) is 0 Å². The zero-order chi connectivity index (χ0) is 18.1. The van der Waals surface area contributed by atoms with E-state index in [0.29, 0.717) is 22.0 Å². The third kappa shape index (κ3) is 3.51. The van der Waals surface area contributed by atoms with Crippen LogP contribution in [0, 0.1) is 0 Å². The average molecular weight is 442 g/mol. The average Bonchev–Trinajstić information content (AvgIpc) is 2.86. The molecule has 8 heteroatoms. The van der Waals surface area contributed by atoms with Gasteiger partial charge in [-0.15, -0.1) is 0 Å². The molecule has 0 aliphatic carbocycles. The number of anilines is 1. The largest absolute Gasteiger partial charge is 0.496 e. The van der Waals surface area contributed by atoms with Crippen molar-refractivity contribution in [2.75, 3.05) is 12.1 Å². The molecule has 1 N–H and O–H groups in total. The van der Waals surface area contributed by atoms with E-state index in [-0.39, 0.29) is 10.6 Å². The van der Waals surface area contributed by atoms with Crippen LogP contribution in [0.4, 0.5) is 5.69 Å². The van der Waals surface area contributed by atoms with Gasteiger partial charge >= 0.3 is 0 Å². The Balaban J connectivity index is 1.93. The lowest BCUT2D eigenvalue weighted by atomic mass is 10.1. The number of carbonyl (C=O) groups excluding carboxylic acids is 2. The van der Waals surface area contributed by atoms with E-state index in [4.69, 9.17) is 27.9 Å². The van der Waals surface area contributed by atoms with Gasteiger partial charge in [-0.1, -0.05) is 29.3 Å². The second-order valence-corrected chi connectivity index (χ2v) is 6.80. The van der Waals surface area contributed by atoms with Gasteiger partial charge in [-0.3, -0.25) is 15.0 Å². The molecular formula is C17H11BrCl2N2O3.